The number of aldehydes is 1. The molecule has 0 spiro atoms. The maximum Gasteiger partial charge on any atom is 0.515 e. The molecule has 11 heteroatoms. The van der Waals surface area contributed by atoms with E-state index in [1.54, 1.807) is 12.1 Å². The molecule has 3 atom stereocenters. The molecule has 3 amide bonds. The number of nitrogens with zero attached hydrogens (tertiary/aromatic N) is 4. The average molecular weight is 632 g/mol. The van der Waals surface area contributed by atoms with Crippen LogP contribution in [0, 0.1) is 6.92 Å². The number of carbonyl (C=O) groups is 3. The van der Waals surface area contributed by atoms with Crippen LogP contribution in [0.15, 0.2) is 36.4 Å². The number of hydrogen-bond acceptors (Lipinski definition) is 5. The highest BCUT2D eigenvalue weighted by Crippen LogP contribution is 2.46. The molecular weight excluding hydrogens is 589 g/mol. The van der Waals surface area contributed by atoms with Gasteiger partial charge in [-0.3, -0.25) is 4.90 Å². The summed E-state index contributed by atoms with van der Waals surface area (Å²) in [5, 5.41) is 15.2. The van der Waals surface area contributed by atoms with Crippen LogP contribution in [0.25, 0.3) is 0 Å². The maximum atomic E-state index is 13.6. The monoisotopic (exact) mass is 630 g/mol. The number of carbonyl (C=O) groups excluding carboxylic acids is 2. The van der Waals surface area contributed by atoms with Gasteiger partial charge in [0, 0.05) is 65.9 Å². The molecule has 43 heavy (non-hydrogen) atoms. The number of hydrogen-bond donors (Lipinski definition) is 2. The van der Waals surface area contributed by atoms with Gasteiger partial charge in [-0.2, -0.15) is 4.79 Å². The second-order valence-corrected chi connectivity index (χ2v) is 13.3. The number of nitrogens with one attached hydrogen (secondary N) is 1. The summed E-state index contributed by atoms with van der Waals surface area (Å²) in [6.07, 6.45) is 3.17. The zero-order valence-corrected chi connectivity index (χ0v) is 26.7. The van der Waals surface area contributed by atoms with Gasteiger partial charge in [0.25, 0.3) is 0 Å². The van der Waals surface area contributed by atoms with Crippen LogP contribution in [-0.4, -0.2) is 101 Å². The summed E-state index contributed by atoms with van der Waals surface area (Å²) in [6.45, 7) is 4.04. The summed E-state index contributed by atoms with van der Waals surface area (Å²) in [5.74, 6) is 0. The van der Waals surface area contributed by atoms with Gasteiger partial charge in [-0.15, -0.1) is 0 Å². The number of fused-ring (bicyclic) bond motifs is 1. The molecule has 9 nitrogen and oxygen atoms in total. The molecule has 2 aromatic carbocycles. The molecule has 2 unspecified atom stereocenters. The molecule has 0 aliphatic carbocycles. The zero-order valence-electron chi connectivity index (χ0n) is 25.2. The third-order valence-corrected chi connectivity index (χ3v) is 10.9. The number of benzene rings is 2. The Morgan fingerprint density at radius 3 is 2.44 bits per heavy atom. The molecule has 2 aromatic rings. The van der Waals surface area contributed by atoms with Crippen LogP contribution in [0.4, 0.5) is 15.3 Å². The van der Waals surface area contributed by atoms with Crippen molar-refractivity contribution < 1.29 is 24.0 Å². The van der Waals surface area contributed by atoms with Gasteiger partial charge in [-0.05, 0) is 69.6 Å². The van der Waals surface area contributed by atoms with Crippen molar-refractivity contribution >= 4 is 47.3 Å². The lowest BCUT2D eigenvalue weighted by molar-refractivity contribution is -0.942. The van der Waals surface area contributed by atoms with Crippen LogP contribution in [-0.2, 0) is 17.8 Å². The van der Waals surface area contributed by atoms with E-state index in [-0.39, 0.29) is 36.1 Å². The minimum Gasteiger partial charge on any atom is -0.435 e. The summed E-state index contributed by atoms with van der Waals surface area (Å²) in [7, 11) is 4.13. The summed E-state index contributed by atoms with van der Waals surface area (Å²) < 4.78 is -0.347. The fourth-order valence-corrected chi connectivity index (χ4v) is 8.16. The Morgan fingerprint density at radius 2 is 1.81 bits per heavy atom. The van der Waals surface area contributed by atoms with E-state index in [1.165, 1.54) is 0 Å². The number of urea groups is 1. The molecule has 232 valence electrons. The van der Waals surface area contributed by atoms with Crippen molar-refractivity contribution in [3.63, 3.8) is 0 Å². The van der Waals surface area contributed by atoms with Crippen molar-refractivity contribution in [1.82, 2.24) is 14.7 Å². The highest BCUT2D eigenvalue weighted by molar-refractivity contribution is 6.36. The Kier molecular flexibility index (Phi) is 9.40. The number of halogens is 2. The van der Waals surface area contributed by atoms with Crippen LogP contribution in [0.1, 0.15) is 48.8 Å². The number of quaternary nitrogens is 1. The van der Waals surface area contributed by atoms with E-state index < -0.39 is 11.8 Å². The first kappa shape index (κ1) is 31.7. The smallest absolute Gasteiger partial charge is 0.435 e. The second kappa shape index (κ2) is 12.7. The quantitative estimate of drug-likeness (QED) is 0.294. The Bertz CT molecular complexity index is 1360. The van der Waals surface area contributed by atoms with Gasteiger partial charge in [0.15, 0.2) is 5.66 Å². The maximum absolute atomic E-state index is 13.6. The molecule has 0 saturated carbocycles. The van der Waals surface area contributed by atoms with E-state index in [2.05, 4.69) is 29.2 Å². The van der Waals surface area contributed by atoms with Gasteiger partial charge in [0.05, 0.1) is 13.0 Å². The SMILES string of the molecule is Cc1c(Cl)cc(C[N@+]2(C(=O)O)CCC(N3CCc4ccccc4NC3=O)CC2(CC=O)N2CCC(N(C)C)CC2)cc1Cl. The number of rotatable bonds is 7. The number of anilines is 1. The highest BCUT2D eigenvalue weighted by atomic mass is 35.5. The zero-order chi connectivity index (χ0) is 30.9. The minimum absolute atomic E-state index is 0.0332. The first-order chi connectivity index (χ1) is 20.5. The Balaban J connectivity index is 1.56. The summed E-state index contributed by atoms with van der Waals surface area (Å²) in [5.41, 5.74) is 2.26. The van der Waals surface area contributed by atoms with E-state index in [0.29, 0.717) is 60.5 Å². The van der Waals surface area contributed by atoms with Crippen LogP contribution in [0.2, 0.25) is 10.0 Å². The number of likely N-dealkylation sites (tertiary alicyclic amines) is 2. The highest BCUT2D eigenvalue weighted by Gasteiger charge is 2.64. The van der Waals surface area contributed by atoms with Crippen molar-refractivity contribution in [1.29, 1.82) is 0 Å². The number of carboxylic acid groups (broad SMARTS) is 1. The van der Waals surface area contributed by atoms with Gasteiger partial charge in [0.1, 0.15) is 12.8 Å². The molecule has 3 heterocycles. The summed E-state index contributed by atoms with van der Waals surface area (Å²) in [6, 6.07) is 11.3. The summed E-state index contributed by atoms with van der Waals surface area (Å²) >= 11 is 13.0. The molecule has 0 bridgehead atoms. The van der Waals surface area contributed by atoms with Crippen LogP contribution < -0.4 is 5.32 Å². The topological polar surface area (TPSA) is 93.2 Å². The molecule has 3 aliphatic rings. The van der Waals surface area contributed by atoms with Gasteiger partial charge in [-0.1, -0.05) is 41.4 Å². The summed E-state index contributed by atoms with van der Waals surface area (Å²) in [4.78, 5) is 46.1. The van der Waals surface area contributed by atoms with Gasteiger partial charge < -0.3 is 25.0 Å². The van der Waals surface area contributed by atoms with Crippen molar-refractivity contribution in [2.75, 3.05) is 45.6 Å². The van der Waals surface area contributed by atoms with Crippen LogP contribution in [0.5, 0.6) is 0 Å². The van der Waals surface area contributed by atoms with Gasteiger partial charge >= 0.3 is 12.1 Å². The molecule has 2 fully saturated rings. The van der Waals surface area contributed by atoms with E-state index in [0.717, 1.165) is 35.9 Å². The second-order valence-electron chi connectivity index (χ2n) is 12.5. The Hall–Kier alpha value is -2.69. The predicted molar refractivity (Wildman–Crippen MR) is 169 cm³/mol. The van der Waals surface area contributed by atoms with Gasteiger partial charge in [-0.25, -0.2) is 9.28 Å². The largest absolute Gasteiger partial charge is 0.515 e. The van der Waals surface area contributed by atoms with E-state index in [1.807, 2.05) is 36.1 Å². The minimum atomic E-state index is -1.07. The first-order valence-electron chi connectivity index (χ1n) is 15.1. The number of amides is 3. The lowest BCUT2D eigenvalue weighted by atomic mass is 9.81. The fraction of sp³-hybridized carbons (Fsp3) is 0.531. The lowest BCUT2D eigenvalue weighted by Crippen LogP contribution is -2.78. The Morgan fingerprint density at radius 1 is 1.14 bits per heavy atom. The van der Waals surface area contributed by atoms with Crippen LogP contribution >= 0.6 is 23.2 Å². The van der Waals surface area contributed by atoms with Crippen molar-refractivity contribution in [2.24, 2.45) is 0 Å². The van der Waals surface area contributed by atoms with E-state index in [9.17, 15) is 19.5 Å². The third-order valence-electron chi connectivity index (χ3n) is 10.1. The lowest BCUT2D eigenvalue weighted by Gasteiger charge is -2.59. The molecule has 0 radical (unpaired) electrons. The van der Waals surface area contributed by atoms with Crippen molar-refractivity contribution in [3.05, 3.63) is 63.1 Å². The standard InChI is InChI=1S/C32H41Cl2N5O4/c1-22-27(33)18-23(19-28(22)34)21-39(31(42)43)16-11-26(38-15-8-24-6-4-5-7-29(24)35-30(38)41)20-32(39,12-17-40)37-13-9-25(10-14-37)36(2)3/h4-7,17-19,25-26H,8-16,20-21H2,1-3H3,(H-,35,41,42,43)/p+1/t26?,32?,39-/m0/s1. The molecule has 3 aliphatic heterocycles. The molecule has 2 saturated heterocycles. The van der Waals surface area contributed by atoms with Crippen molar-refractivity contribution in [3.8, 4) is 0 Å². The number of para-hydroxylation sites is 1. The van der Waals surface area contributed by atoms with Crippen molar-refractivity contribution in [2.45, 2.75) is 69.7 Å². The van der Waals surface area contributed by atoms with Gasteiger partial charge in [0.2, 0.25) is 0 Å². The van der Waals surface area contributed by atoms with E-state index >= 15 is 0 Å². The average Bonchev–Trinajstić information content (AvgIpc) is 3.14. The molecule has 5 rings (SSSR count). The molecule has 2 N–H and O–H groups in total. The third kappa shape index (κ3) is 5.90. The Labute approximate surface area is 263 Å². The first-order valence-corrected chi connectivity index (χ1v) is 15.8. The normalized spacial score (nSPS) is 27.0. The number of piperidine rings is 2. The fourth-order valence-electron chi connectivity index (χ4n) is 7.62. The van der Waals surface area contributed by atoms with Crippen LogP contribution in [0.3, 0.4) is 0 Å². The van der Waals surface area contributed by atoms with E-state index in [4.69, 9.17) is 23.2 Å². The predicted octanol–water partition coefficient (Wildman–Crippen LogP) is 5.86. The molecular formula is C32H42Cl2N5O4+. The molecule has 0 aromatic heterocycles.